The Kier molecular flexibility index (Phi) is 5.83. The van der Waals surface area contributed by atoms with Gasteiger partial charge in [-0.2, -0.15) is 0 Å². The molecule has 146 valence electrons. The van der Waals surface area contributed by atoms with Gasteiger partial charge in [0.2, 0.25) is 0 Å². The van der Waals surface area contributed by atoms with Crippen molar-refractivity contribution in [3.8, 4) is 5.75 Å². The Balaban J connectivity index is 1.46. The maximum atomic E-state index is 12.4. The largest absolute Gasteiger partial charge is 0.490 e. The summed E-state index contributed by atoms with van der Waals surface area (Å²) in [5.41, 5.74) is 4.30. The minimum absolute atomic E-state index is 0.116. The number of nitrogens with zero attached hydrogens (tertiary/aromatic N) is 1. The van der Waals surface area contributed by atoms with E-state index in [0.29, 0.717) is 17.2 Å². The monoisotopic (exact) mass is 379 g/mol. The lowest BCUT2D eigenvalue weighted by atomic mass is 9.98. The van der Waals surface area contributed by atoms with Crippen molar-refractivity contribution >= 4 is 17.6 Å². The Morgan fingerprint density at radius 3 is 2.46 bits per heavy atom. The summed E-state index contributed by atoms with van der Waals surface area (Å²) in [5, 5.41) is 0. The van der Waals surface area contributed by atoms with Crippen molar-refractivity contribution < 1.29 is 19.1 Å². The van der Waals surface area contributed by atoms with Crippen LogP contribution in [0.3, 0.4) is 0 Å². The highest BCUT2D eigenvalue weighted by Gasteiger charge is 2.32. The molecule has 2 aromatic carbocycles. The second-order valence-electron chi connectivity index (χ2n) is 7.13. The molecular formula is C23H25NO4. The smallest absolute Gasteiger partial charge is 0.326 e. The van der Waals surface area contributed by atoms with Gasteiger partial charge in [-0.1, -0.05) is 44.7 Å². The maximum Gasteiger partial charge on any atom is 0.326 e. The molecule has 0 saturated carbocycles. The first-order valence-electron chi connectivity index (χ1n) is 9.37. The van der Waals surface area contributed by atoms with Crippen LogP contribution in [0.5, 0.6) is 5.75 Å². The highest BCUT2D eigenvalue weighted by atomic mass is 16.6. The number of amides is 1. The molecule has 0 unspecified atom stereocenters. The van der Waals surface area contributed by atoms with E-state index in [-0.39, 0.29) is 25.7 Å². The summed E-state index contributed by atoms with van der Waals surface area (Å²) in [6, 6.07) is 13.2. The maximum absolute atomic E-state index is 12.4. The minimum Gasteiger partial charge on any atom is -0.490 e. The lowest BCUT2D eigenvalue weighted by molar-refractivity contribution is -0.144. The summed E-state index contributed by atoms with van der Waals surface area (Å²) in [5.74, 6) is 0.493. The Labute approximate surface area is 165 Å². The number of aryl methyl sites for hydroxylation is 1. The lowest BCUT2D eigenvalue weighted by Crippen LogP contribution is -2.31. The molecule has 3 rings (SSSR count). The Hall–Kier alpha value is -3.08. The topological polar surface area (TPSA) is 55.8 Å². The summed E-state index contributed by atoms with van der Waals surface area (Å²) in [6.07, 6.45) is 0. The predicted octanol–water partition coefficient (Wildman–Crippen LogP) is 4.17. The van der Waals surface area contributed by atoms with Crippen LogP contribution in [0, 0.1) is 6.92 Å². The van der Waals surface area contributed by atoms with E-state index in [4.69, 9.17) is 9.47 Å². The van der Waals surface area contributed by atoms with Crippen LogP contribution < -0.4 is 4.74 Å². The number of hydrogen-bond donors (Lipinski definition) is 0. The molecule has 1 heterocycles. The molecule has 0 fully saturated rings. The standard InChI is InChI=1S/C23H25NO4/c1-15(2)19-10-9-18(13-16(19)3)27-11-12-28-22(25)14-24-17(4)20-7-5-6-8-21(20)23(24)26/h5-10,13,15H,4,11-12,14H2,1-3H3. The van der Waals surface area contributed by atoms with Gasteiger partial charge in [-0.25, -0.2) is 0 Å². The average molecular weight is 379 g/mol. The molecule has 0 bridgehead atoms. The molecule has 2 aromatic rings. The second-order valence-corrected chi connectivity index (χ2v) is 7.13. The number of rotatable bonds is 7. The number of hydrogen-bond acceptors (Lipinski definition) is 4. The van der Waals surface area contributed by atoms with Crippen molar-refractivity contribution in [3.05, 3.63) is 71.3 Å². The van der Waals surface area contributed by atoms with E-state index in [9.17, 15) is 9.59 Å². The Morgan fingerprint density at radius 1 is 1.11 bits per heavy atom. The first-order chi connectivity index (χ1) is 13.4. The van der Waals surface area contributed by atoms with Crippen LogP contribution in [-0.4, -0.2) is 36.5 Å². The van der Waals surface area contributed by atoms with Gasteiger partial charge in [0.1, 0.15) is 25.5 Å². The molecule has 1 aliphatic rings. The molecule has 5 nitrogen and oxygen atoms in total. The van der Waals surface area contributed by atoms with E-state index in [2.05, 4.69) is 33.4 Å². The van der Waals surface area contributed by atoms with Gasteiger partial charge in [-0.05, 0) is 42.2 Å². The van der Waals surface area contributed by atoms with Gasteiger partial charge in [-0.3, -0.25) is 14.5 Å². The van der Waals surface area contributed by atoms with E-state index in [1.165, 1.54) is 16.0 Å². The van der Waals surface area contributed by atoms with Gasteiger partial charge in [-0.15, -0.1) is 0 Å². The summed E-state index contributed by atoms with van der Waals surface area (Å²) in [7, 11) is 0. The van der Waals surface area contributed by atoms with E-state index < -0.39 is 5.97 Å². The molecule has 1 aliphatic heterocycles. The third-order valence-corrected chi connectivity index (χ3v) is 4.80. The van der Waals surface area contributed by atoms with Crippen LogP contribution in [0.25, 0.3) is 5.70 Å². The fourth-order valence-electron chi connectivity index (χ4n) is 3.38. The SMILES string of the molecule is C=C1c2ccccc2C(=O)N1CC(=O)OCCOc1ccc(C(C)C)c(C)c1. The fourth-order valence-corrected chi connectivity index (χ4v) is 3.38. The molecule has 0 N–H and O–H groups in total. The predicted molar refractivity (Wildman–Crippen MR) is 108 cm³/mol. The number of esters is 1. The van der Waals surface area contributed by atoms with Crippen LogP contribution in [0.2, 0.25) is 0 Å². The highest BCUT2D eigenvalue weighted by molar-refractivity contribution is 6.10. The average Bonchev–Trinajstić information content (AvgIpc) is 2.90. The molecule has 0 aliphatic carbocycles. The molecule has 0 saturated heterocycles. The molecule has 0 spiro atoms. The van der Waals surface area contributed by atoms with Crippen molar-refractivity contribution in [1.82, 2.24) is 4.90 Å². The third kappa shape index (κ3) is 4.09. The lowest BCUT2D eigenvalue weighted by Gasteiger charge is -2.16. The summed E-state index contributed by atoms with van der Waals surface area (Å²) in [4.78, 5) is 25.9. The molecule has 0 atom stereocenters. The summed E-state index contributed by atoms with van der Waals surface area (Å²) < 4.78 is 10.9. The van der Waals surface area contributed by atoms with Crippen LogP contribution in [0.1, 0.15) is 46.8 Å². The van der Waals surface area contributed by atoms with Crippen LogP contribution in [-0.2, 0) is 9.53 Å². The number of ether oxygens (including phenoxy) is 2. The van der Waals surface area contributed by atoms with Crippen molar-refractivity contribution in [2.45, 2.75) is 26.7 Å². The van der Waals surface area contributed by atoms with Gasteiger partial charge >= 0.3 is 5.97 Å². The van der Waals surface area contributed by atoms with E-state index in [1.807, 2.05) is 24.3 Å². The molecule has 0 aromatic heterocycles. The zero-order chi connectivity index (χ0) is 20.3. The molecular weight excluding hydrogens is 354 g/mol. The second kappa shape index (κ2) is 8.30. The molecule has 5 heteroatoms. The minimum atomic E-state index is -0.489. The Morgan fingerprint density at radius 2 is 1.82 bits per heavy atom. The first kappa shape index (κ1) is 19.7. The Bertz CT molecular complexity index is 882. The van der Waals surface area contributed by atoms with Gasteiger partial charge in [0, 0.05) is 16.8 Å². The van der Waals surface area contributed by atoms with Crippen LogP contribution >= 0.6 is 0 Å². The normalized spacial score (nSPS) is 13.1. The first-order valence-corrected chi connectivity index (χ1v) is 9.37. The van der Waals surface area contributed by atoms with Gasteiger partial charge in [0.15, 0.2) is 0 Å². The van der Waals surface area contributed by atoms with Crippen molar-refractivity contribution in [2.24, 2.45) is 0 Å². The molecule has 28 heavy (non-hydrogen) atoms. The number of carbonyl (C=O) groups excluding carboxylic acids is 2. The molecule has 0 radical (unpaired) electrons. The van der Waals surface area contributed by atoms with E-state index in [1.54, 1.807) is 12.1 Å². The third-order valence-electron chi connectivity index (χ3n) is 4.80. The van der Waals surface area contributed by atoms with Gasteiger partial charge < -0.3 is 9.47 Å². The zero-order valence-corrected chi connectivity index (χ0v) is 16.5. The van der Waals surface area contributed by atoms with Crippen molar-refractivity contribution in [1.29, 1.82) is 0 Å². The van der Waals surface area contributed by atoms with E-state index >= 15 is 0 Å². The van der Waals surface area contributed by atoms with Gasteiger partial charge in [0.05, 0.1) is 0 Å². The number of carbonyl (C=O) groups is 2. The molecule has 1 amide bonds. The zero-order valence-electron chi connectivity index (χ0n) is 16.5. The van der Waals surface area contributed by atoms with Crippen molar-refractivity contribution in [3.63, 3.8) is 0 Å². The van der Waals surface area contributed by atoms with Crippen LogP contribution in [0.4, 0.5) is 0 Å². The quantitative estimate of drug-likeness (QED) is 0.535. The number of benzene rings is 2. The van der Waals surface area contributed by atoms with Crippen LogP contribution in [0.15, 0.2) is 49.0 Å². The van der Waals surface area contributed by atoms with Gasteiger partial charge in [0.25, 0.3) is 5.91 Å². The number of fused-ring (bicyclic) bond motifs is 1. The fraction of sp³-hybridized carbons (Fsp3) is 0.304. The summed E-state index contributed by atoms with van der Waals surface area (Å²) >= 11 is 0. The summed E-state index contributed by atoms with van der Waals surface area (Å²) in [6.45, 7) is 10.5. The van der Waals surface area contributed by atoms with E-state index in [0.717, 1.165) is 11.3 Å². The van der Waals surface area contributed by atoms with Crippen molar-refractivity contribution in [2.75, 3.05) is 19.8 Å². The highest BCUT2D eigenvalue weighted by Crippen LogP contribution is 2.30.